The SMILES string of the molecule is CC(C(=O)Nc1ccc(-n2cnc3ccccc32)cc1)C1CNC1.Cl.Cl. The summed E-state index contributed by atoms with van der Waals surface area (Å²) in [6, 6.07) is 15.9. The van der Waals surface area contributed by atoms with Crippen LogP contribution < -0.4 is 10.6 Å². The lowest BCUT2D eigenvalue weighted by Gasteiger charge is -2.31. The molecule has 0 aliphatic carbocycles. The minimum absolute atomic E-state index is 0. The van der Waals surface area contributed by atoms with E-state index in [1.54, 1.807) is 0 Å². The van der Waals surface area contributed by atoms with Gasteiger partial charge in [-0.15, -0.1) is 24.8 Å². The van der Waals surface area contributed by atoms with Crippen LogP contribution in [0.25, 0.3) is 16.7 Å². The maximum absolute atomic E-state index is 12.3. The fourth-order valence-corrected chi connectivity index (χ4v) is 3.01. The number of halogens is 2. The van der Waals surface area contributed by atoms with Crippen molar-refractivity contribution in [1.29, 1.82) is 0 Å². The molecule has 0 radical (unpaired) electrons. The van der Waals surface area contributed by atoms with Crippen molar-refractivity contribution in [2.45, 2.75) is 6.92 Å². The number of carbonyl (C=O) groups excluding carboxylic acids is 1. The van der Waals surface area contributed by atoms with E-state index in [0.29, 0.717) is 5.92 Å². The van der Waals surface area contributed by atoms with Crippen molar-refractivity contribution < 1.29 is 4.79 Å². The molecule has 0 bridgehead atoms. The van der Waals surface area contributed by atoms with Gasteiger partial charge in [-0.1, -0.05) is 19.1 Å². The average Bonchev–Trinajstić information content (AvgIpc) is 2.98. The Balaban J connectivity index is 0.00000121. The van der Waals surface area contributed by atoms with Crippen LogP contribution in [0.15, 0.2) is 54.9 Å². The highest BCUT2D eigenvalue weighted by Crippen LogP contribution is 2.21. The Hall–Kier alpha value is -2.08. The van der Waals surface area contributed by atoms with Crippen LogP contribution in [0.5, 0.6) is 0 Å². The van der Waals surface area contributed by atoms with Gasteiger partial charge in [0.25, 0.3) is 0 Å². The number of imidazole rings is 1. The number of nitrogens with one attached hydrogen (secondary N) is 2. The lowest BCUT2D eigenvalue weighted by Crippen LogP contribution is -2.48. The maximum atomic E-state index is 12.3. The molecule has 1 aliphatic heterocycles. The number of anilines is 1. The molecule has 138 valence electrons. The molecule has 1 unspecified atom stereocenters. The Morgan fingerprint density at radius 3 is 2.50 bits per heavy atom. The fourth-order valence-electron chi connectivity index (χ4n) is 3.01. The van der Waals surface area contributed by atoms with E-state index in [9.17, 15) is 4.79 Å². The van der Waals surface area contributed by atoms with Crippen molar-refractivity contribution in [2.24, 2.45) is 11.8 Å². The van der Waals surface area contributed by atoms with Gasteiger partial charge in [-0.3, -0.25) is 9.36 Å². The first-order valence-electron chi connectivity index (χ1n) is 8.26. The van der Waals surface area contributed by atoms with Gasteiger partial charge in [0.15, 0.2) is 0 Å². The van der Waals surface area contributed by atoms with Gasteiger partial charge in [-0.25, -0.2) is 4.98 Å². The van der Waals surface area contributed by atoms with E-state index >= 15 is 0 Å². The lowest BCUT2D eigenvalue weighted by molar-refractivity contribution is -0.121. The third kappa shape index (κ3) is 3.85. The van der Waals surface area contributed by atoms with E-state index in [1.165, 1.54) is 0 Å². The van der Waals surface area contributed by atoms with Crippen LogP contribution >= 0.6 is 24.8 Å². The molecule has 7 heteroatoms. The highest BCUT2D eigenvalue weighted by atomic mass is 35.5. The van der Waals surface area contributed by atoms with Crippen LogP contribution in [-0.4, -0.2) is 28.5 Å². The molecule has 0 spiro atoms. The molecule has 1 saturated heterocycles. The average molecular weight is 393 g/mol. The normalized spacial score (nSPS) is 14.7. The predicted octanol–water partition coefficient (Wildman–Crippen LogP) is 3.66. The zero-order valence-corrected chi connectivity index (χ0v) is 16.0. The standard InChI is InChI=1S/C19H20N4O.2ClH/c1-13(14-10-20-11-14)19(24)22-15-6-8-16(9-7-15)23-12-21-17-4-2-3-5-18(17)23;;/h2-9,12-14,20H,10-11H2,1H3,(H,22,24);2*1H. The zero-order chi connectivity index (χ0) is 16.5. The third-order valence-electron chi connectivity index (χ3n) is 4.80. The van der Waals surface area contributed by atoms with Gasteiger partial charge in [0, 0.05) is 17.3 Å². The summed E-state index contributed by atoms with van der Waals surface area (Å²) in [5, 5.41) is 6.22. The topological polar surface area (TPSA) is 59.0 Å². The quantitative estimate of drug-likeness (QED) is 0.711. The largest absolute Gasteiger partial charge is 0.326 e. The third-order valence-corrected chi connectivity index (χ3v) is 4.80. The molecule has 2 aromatic carbocycles. The van der Waals surface area contributed by atoms with E-state index in [1.807, 2.05) is 66.3 Å². The van der Waals surface area contributed by atoms with Crippen molar-refractivity contribution in [1.82, 2.24) is 14.9 Å². The molecule has 3 aromatic rings. The van der Waals surface area contributed by atoms with Crippen LogP contribution in [0.1, 0.15) is 6.92 Å². The summed E-state index contributed by atoms with van der Waals surface area (Å²) in [6.45, 7) is 3.86. The van der Waals surface area contributed by atoms with Crippen LogP contribution in [-0.2, 0) is 4.79 Å². The molecule has 1 amide bonds. The van der Waals surface area contributed by atoms with Gasteiger partial charge < -0.3 is 10.6 Å². The summed E-state index contributed by atoms with van der Waals surface area (Å²) in [4.78, 5) is 16.7. The second-order valence-corrected chi connectivity index (χ2v) is 6.35. The minimum atomic E-state index is 0. The molecular formula is C19H22Cl2N4O. The van der Waals surface area contributed by atoms with Crippen molar-refractivity contribution in [3.05, 3.63) is 54.9 Å². The van der Waals surface area contributed by atoms with Crippen molar-refractivity contribution in [2.75, 3.05) is 18.4 Å². The van der Waals surface area contributed by atoms with Gasteiger partial charge in [-0.05, 0) is 55.4 Å². The van der Waals surface area contributed by atoms with E-state index in [-0.39, 0.29) is 36.6 Å². The number of aromatic nitrogens is 2. The molecule has 5 nitrogen and oxygen atoms in total. The molecular weight excluding hydrogens is 371 g/mol. The number of amides is 1. The number of carbonyl (C=O) groups is 1. The van der Waals surface area contributed by atoms with Gasteiger partial charge >= 0.3 is 0 Å². The van der Waals surface area contributed by atoms with E-state index in [4.69, 9.17) is 0 Å². The molecule has 0 saturated carbocycles. The van der Waals surface area contributed by atoms with E-state index < -0.39 is 0 Å². The molecule has 1 aliphatic rings. The number of benzene rings is 2. The van der Waals surface area contributed by atoms with Gasteiger partial charge in [0.2, 0.25) is 5.91 Å². The molecule has 1 fully saturated rings. The van der Waals surface area contributed by atoms with Crippen molar-refractivity contribution >= 4 is 47.4 Å². The van der Waals surface area contributed by atoms with Gasteiger partial charge in [0.1, 0.15) is 6.33 Å². The first-order valence-corrected chi connectivity index (χ1v) is 8.26. The number of fused-ring (bicyclic) bond motifs is 1. The van der Waals surface area contributed by atoms with E-state index in [0.717, 1.165) is 35.5 Å². The predicted molar refractivity (Wildman–Crippen MR) is 110 cm³/mol. The summed E-state index contributed by atoms with van der Waals surface area (Å²) >= 11 is 0. The Morgan fingerprint density at radius 1 is 1.15 bits per heavy atom. The maximum Gasteiger partial charge on any atom is 0.227 e. The second-order valence-electron chi connectivity index (χ2n) is 6.35. The second kappa shape index (κ2) is 8.54. The minimum Gasteiger partial charge on any atom is -0.326 e. The number of hydrogen-bond donors (Lipinski definition) is 2. The Morgan fingerprint density at radius 2 is 1.85 bits per heavy atom. The van der Waals surface area contributed by atoms with Crippen LogP contribution in [0.4, 0.5) is 5.69 Å². The molecule has 2 heterocycles. The summed E-state index contributed by atoms with van der Waals surface area (Å²) in [5.41, 5.74) is 3.89. The fraction of sp³-hybridized carbons (Fsp3) is 0.263. The van der Waals surface area contributed by atoms with Gasteiger partial charge in [-0.2, -0.15) is 0 Å². The van der Waals surface area contributed by atoms with Crippen LogP contribution in [0.3, 0.4) is 0 Å². The number of para-hydroxylation sites is 2. The molecule has 26 heavy (non-hydrogen) atoms. The van der Waals surface area contributed by atoms with Gasteiger partial charge in [0.05, 0.1) is 11.0 Å². The molecule has 1 aromatic heterocycles. The van der Waals surface area contributed by atoms with Crippen LogP contribution in [0, 0.1) is 11.8 Å². The Kier molecular flexibility index (Phi) is 6.64. The highest BCUT2D eigenvalue weighted by Gasteiger charge is 2.28. The Bertz CT molecular complexity index is 875. The zero-order valence-electron chi connectivity index (χ0n) is 14.4. The summed E-state index contributed by atoms with van der Waals surface area (Å²) in [7, 11) is 0. The first kappa shape index (κ1) is 20.2. The Labute approximate surface area is 165 Å². The van der Waals surface area contributed by atoms with Crippen LogP contribution in [0.2, 0.25) is 0 Å². The smallest absolute Gasteiger partial charge is 0.227 e. The first-order chi connectivity index (χ1) is 11.7. The summed E-state index contributed by atoms with van der Waals surface area (Å²) < 4.78 is 2.05. The van der Waals surface area contributed by atoms with E-state index in [2.05, 4.69) is 15.6 Å². The monoisotopic (exact) mass is 392 g/mol. The van der Waals surface area contributed by atoms with Crippen molar-refractivity contribution in [3.8, 4) is 5.69 Å². The number of nitrogens with zero attached hydrogens (tertiary/aromatic N) is 2. The summed E-state index contributed by atoms with van der Waals surface area (Å²) in [6.07, 6.45) is 1.82. The number of hydrogen-bond acceptors (Lipinski definition) is 3. The summed E-state index contributed by atoms with van der Waals surface area (Å²) in [5.74, 6) is 0.562. The molecule has 2 N–H and O–H groups in total. The number of rotatable bonds is 4. The lowest BCUT2D eigenvalue weighted by atomic mass is 9.88. The molecule has 4 rings (SSSR count). The molecule has 1 atom stereocenters. The van der Waals surface area contributed by atoms with Crippen molar-refractivity contribution in [3.63, 3.8) is 0 Å². The highest BCUT2D eigenvalue weighted by molar-refractivity contribution is 5.92.